The molecule has 0 saturated heterocycles. The third-order valence-corrected chi connectivity index (χ3v) is 4.11. The summed E-state index contributed by atoms with van der Waals surface area (Å²) in [6.07, 6.45) is 4.96. The van der Waals surface area contributed by atoms with Gasteiger partial charge in [-0.2, -0.15) is 0 Å². The summed E-state index contributed by atoms with van der Waals surface area (Å²) in [6.45, 7) is 2.91. The lowest BCUT2D eigenvalue weighted by atomic mass is 10.1. The Balaban J connectivity index is 1.86. The van der Waals surface area contributed by atoms with Crippen LogP contribution in [0.3, 0.4) is 0 Å². The van der Waals surface area contributed by atoms with Crippen LogP contribution in [0.25, 0.3) is 0 Å². The summed E-state index contributed by atoms with van der Waals surface area (Å²) in [5.74, 6) is -0.227. The van der Waals surface area contributed by atoms with E-state index >= 15 is 0 Å². The standard InChI is InChI=1S/C18H21BrFN/c1-2-3-4-5-14-6-9-16(10-7-14)21-13-15-8-11-18(20)17(19)12-15/h6-12,21H,2-5,13H2,1H3. The predicted molar refractivity (Wildman–Crippen MR) is 91.1 cm³/mol. The van der Waals surface area contributed by atoms with Crippen LogP contribution in [0.15, 0.2) is 46.9 Å². The van der Waals surface area contributed by atoms with Gasteiger partial charge in [-0.3, -0.25) is 0 Å². The maximum absolute atomic E-state index is 13.2. The molecule has 2 aromatic carbocycles. The first kappa shape index (κ1) is 16.0. The molecule has 1 nitrogen and oxygen atoms in total. The number of rotatable bonds is 7. The molecule has 0 aromatic heterocycles. The highest BCUT2D eigenvalue weighted by molar-refractivity contribution is 9.10. The van der Waals surface area contributed by atoms with E-state index in [1.807, 2.05) is 0 Å². The lowest BCUT2D eigenvalue weighted by molar-refractivity contribution is 0.620. The van der Waals surface area contributed by atoms with Gasteiger partial charge in [-0.1, -0.05) is 38.0 Å². The van der Waals surface area contributed by atoms with Crippen molar-refractivity contribution in [2.24, 2.45) is 0 Å². The van der Waals surface area contributed by atoms with Gasteiger partial charge >= 0.3 is 0 Å². The van der Waals surface area contributed by atoms with Gasteiger partial charge in [0.2, 0.25) is 0 Å². The molecule has 0 aliphatic heterocycles. The molecule has 3 heteroatoms. The summed E-state index contributed by atoms with van der Waals surface area (Å²) < 4.78 is 13.7. The van der Waals surface area contributed by atoms with Crippen molar-refractivity contribution in [3.63, 3.8) is 0 Å². The van der Waals surface area contributed by atoms with Crippen molar-refractivity contribution in [3.05, 3.63) is 63.9 Å². The van der Waals surface area contributed by atoms with Crippen LogP contribution in [0.4, 0.5) is 10.1 Å². The zero-order valence-electron chi connectivity index (χ0n) is 12.3. The quantitative estimate of drug-likeness (QED) is 0.610. The first-order valence-corrected chi connectivity index (χ1v) is 8.25. The molecule has 0 atom stereocenters. The van der Waals surface area contributed by atoms with E-state index in [1.54, 1.807) is 12.1 Å². The number of nitrogens with one attached hydrogen (secondary N) is 1. The monoisotopic (exact) mass is 349 g/mol. The number of unbranched alkanes of at least 4 members (excludes halogenated alkanes) is 2. The number of hydrogen-bond acceptors (Lipinski definition) is 1. The third-order valence-electron chi connectivity index (χ3n) is 3.50. The Morgan fingerprint density at radius 1 is 1.00 bits per heavy atom. The Kier molecular flexibility index (Phi) is 6.24. The Morgan fingerprint density at radius 2 is 1.71 bits per heavy atom. The molecule has 112 valence electrons. The summed E-state index contributed by atoms with van der Waals surface area (Å²) in [4.78, 5) is 0. The molecule has 0 unspecified atom stereocenters. The largest absolute Gasteiger partial charge is 0.381 e. The molecular weight excluding hydrogens is 329 g/mol. The fraction of sp³-hybridized carbons (Fsp3) is 0.333. The van der Waals surface area contributed by atoms with Gasteiger partial charge in [-0.05, 0) is 64.2 Å². The molecule has 0 spiro atoms. The van der Waals surface area contributed by atoms with Crippen LogP contribution < -0.4 is 5.32 Å². The normalized spacial score (nSPS) is 10.6. The fourth-order valence-electron chi connectivity index (χ4n) is 2.22. The second kappa shape index (κ2) is 8.18. The summed E-state index contributed by atoms with van der Waals surface area (Å²) in [7, 11) is 0. The van der Waals surface area contributed by atoms with E-state index in [1.165, 1.54) is 30.9 Å². The SMILES string of the molecule is CCCCCc1ccc(NCc2ccc(F)c(Br)c2)cc1. The van der Waals surface area contributed by atoms with Gasteiger partial charge in [-0.15, -0.1) is 0 Å². The average Bonchev–Trinajstić information content (AvgIpc) is 2.50. The maximum atomic E-state index is 13.2. The van der Waals surface area contributed by atoms with E-state index in [9.17, 15) is 4.39 Å². The van der Waals surface area contributed by atoms with E-state index in [4.69, 9.17) is 0 Å². The van der Waals surface area contributed by atoms with Crippen LogP contribution in [0.5, 0.6) is 0 Å². The number of benzene rings is 2. The number of hydrogen-bond donors (Lipinski definition) is 1. The molecular formula is C18H21BrFN. The topological polar surface area (TPSA) is 12.0 Å². The lowest BCUT2D eigenvalue weighted by Gasteiger charge is -2.08. The van der Waals surface area contributed by atoms with Crippen LogP contribution >= 0.6 is 15.9 Å². The summed E-state index contributed by atoms with van der Waals surface area (Å²) in [6, 6.07) is 13.7. The highest BCUT2D eigenvalue weighted by Crippen LogP contribution is 2.18. The van der Waals surface area contributed by atoms with Crippen molar-refractivity contribution in [2.45, 2.75) is 39.2 Å². The van der Waals surface area contributed by atoms with E-state index in [0.717, 1.165) is 17.7 Å². The molecule has 0 saturated carbocycles. The molecule has 0 amide bonds. The smallest absolute Gasteiger partial charge is 0.137 e. The van der Waals surface area contributed by atoms with Crippen LogP contribution in [-0.2, 0) is 13.0 Å². The van der Waals surface area contributed by atoms with Gasteiger partial charge in [0.15, 0.2) is 0 Å². The van der Waals surface area contributed by atoms with Crippen LogP contribution in [0.2, 0.25) is 0 Å². The van der Waals surface area contributed by atoms with Gasteiger partial charge in [0.1, 0.15) is 5.82 Å². The van der Waals surface area contributed by atoms with Gasteiger partial charge < -0.3 is 5.32 Å². The van der Waals surface area contributed by atoms with Crippen molar-refractivity contribution in [1.29, 1.82) is 0 Å². The first-order valence-electron chi connectivity index (χ1n) is 7.46. The van der Waals surface area contributed by atoms with Crippen molar-refractivity contribution >= 4 is 21.6 Å². The Morgan fingerprint density at radius 3 is 2.38 bits per heavy atom. The fourth-order valence-corrected chi connectivity index (χ4v) is 2.65. The molecule has 21 heavy (non-hydrogen) atoms. The van der Waals surface area contributed by atoms with Gasteiger partial charge in [-0.25, -0.2) is 4.39 Å². The molecule has 2 rings (SSSR count). The Hall–Kier alpha value is -1.35. The summed E-state index contributed by atoms with van der Waals surface area (Å²) >= 11 is 3.21. The van der Waals surface area contributed by atoms with Gasteiger partial charge in [0.05, 0.1) is 4.47 Å². The van der Waals surface area contributed by atoms with Crippen LogP contribution in [-0.4, -0.2) is 0 Å². The van der Waals surface area contributed by atoms with E-state index < -0.39 is 0 Å². The average molecular weight is 350 g/mol. The zero-order chi connectivity index (χ0) is 15.1. The van der Waals surface area contributed by atoms with E-state index in [0.29, 0.717) is 11.0 Å². The zero-order valence-corrected chi connectivity index (χ0v) is 13.9. The minimum atomic E-state index is -0.227. The molecule has 0 fully saturated rings. The van der Waals surface area contributed by atoms with Crippen molar-refractivity contribution in [1.82, 2.24) is 0 Å². The molecule has 1 N–H and O–H groups in total. The molecule has 0 aliphatic rings. The molecule has 0 aliphatic carbocycles. The second-order valence-electron chi connectivity index (χ2n) is 5.26. The summed E-state index contributed by atoms with van der Waals surface area (Å²) in [5.41, 5.74) is 3.53. The second-order valence-corrected chi connectivity index (χ2v) is 6.11. The summed E-state index contributed by atoms with van der Waals surface area (Å²) in [5, 5.41) is 3.36. The van der Waals surface area contributed by atoms with Gasteiger partial charge in [0, 0.05) is 12.2 Å². The Bertz CT molecular complexity index is 566. The third kappa shape index (κ3) is 5.16. The van der Waals surface area contributed by atoms with E-state index in [-0.39, 0.29) is 5.82 Å². The lowest BCUT2D eigenvalue weighted by Crippen LogP contribution is -2.00. The Labute approximate surface area is 134 Å². The maximum Gasteiger partial charge on any atom is 0.137 e. The molecule has 2 aromatic rings. The number of aryl methyl sites for hydroxylation is 1. The van der Waals surface area contributed by atoms with Crippen molar-refractivity contribution in [2.75, 3.05) is 5.32 Å². The number of halogens is 2. The highest BCUT2D eigenvalue weighted by atomic mass is 79.9. The molecule has 0 heterocycles. The minimum absolute atomic E-state index is 0.227. The predicted octanol–water partition coefficient (Wildman–Crippen LogP) is 5.93. The number of anilines is 1. The van der Waals surface area contributed by atoms with Gasteiger partial charge in [0.25, 0.3) is 0 Å². The van der Waals surface area contributed by atoms with Crippen LogP contribution in [0.1, 0.15) is 37.3 Å². The minimum Gasteiger partial charge on any atom is -0.381 e. The highest BCUT2D eigenvalue weighted by Gasteiger charge is 2.01. The van der Waals surface area contributed by atoms with Crippen LogP contribution in [0, 0.1) is 5.82 Å². The first-order chi connectivity index (χ1) is 10.2. The van der Waals surface area contributed by atoms with E-state index in [2.05, 4.69) is 52.4 Å². The van der Waals surface area contributed by atoms with Crippen molar-refractivity contribution < 1.29 is 4.39 Å². The molecule has 0 bridgehead atoms. The molecule has 0 radical (unpaired) electrons. The van der Waals surface area contributed by atoms with Crippen molar-refractivity contribution in [3.8, 4) is 0 Å².